The fraction of sp³-hybridized carbons (Fsp3) is 1.00. The zero-order valence-corrected chi connectivity index (χ0v) is 11.9. The summed E-state index contributed by atoms with van der Waals surface area (Å²) in [4.78, 5) is 2.30. The average molecular weight is 262 g/mol. The summed E-state index contributed by atoms with van der Waals surface area (Å²) in [6.45, 7) is 7.71. The van der Waals surface area contributed by atoms with Crippen LogP contribution >= 0.6 is 0 Å². The van der Waals surface area contributed by atoms with Crippen molar-refractivity contribution in [1.29, 1.82) is 0 Å². The van der Waals surface area contributed by atoms with Gasteiger partial charge in [0, 0.05) is 18.3 Å². The van der Waals surface area contributed by atoms with Gasteiger partial charge in [0.2, 0.25) is 0 Å². The van der Waals surface area contributed by atoms with E-state index in [9.17, 15) is 8.42 Å². The summed E-state index contributed by atoms with van der Waals surface area (Å²) in [7, 11) is -2.82. The second-order valence-corrected chi connectivity index (χ2v) is 7.25. The van der Waals surface area contributed by atoms with Crippen molar-refractivity contribution in [1.82, 2.24) is 10.2 Å². The zero-order valence-electron chi connectivity index (χ0n) is 11.1. The highest BCUT2D eigenvalue weighted by molar-refractivity contribution is 7.91. The SMILES string of the molecule is CCC1CCN(CCS(=O)(=O)CC)CCCN1. The normalized spacial score (nSPS) is 24.2. The maximum Gasteiger partial charge on any atom is 0.151 e. The molecule has 1 saturated heterocycles. The summed E-state index contributed by atoms with van der Waals surface area (Å²) < 4.78 is 23.0. The highest BCUT2D eigenvalue weighted by atomic mass is 32.2. The zero-order chi connectivity index (χ0) is 12.7. The predicted molar refractivity (Wildman–Crippen MR) is 72.1 cm³/mol. The summed E-state index contributed by atoms with van der Waals surface area (Å²) in [6, 6.07) is 0.598. The van der Waals surface area contributed by atoms with Crippen molar-refractivity contribution in [3.8, 4) is 0 Å². The van der Waals surface area contributed by atoms with Gasteiger partial charge in [-0.2, -0.15) is 0 Å². The van der Waals surface area contributed by atoms with Crippen LogP contribution in [-0.4, -0.2) is 57.0 Å². The van der Waals surface area contributed by atoms with Crippen LogP contribution in [0.2, 0.25) is 0 Å². The van der Waals surface area contributed by atoms with Gasteiger partial charge in [-0.25, -0.2) is 8.42 Å². The molecule has 0 bridgehead atoms. The molecule has 0 spiro atoms. The Morgan fingerprint density at radius 3 is 2.71 bits per heavy atom. The molecule has 5 heteroatoms. The molecule has 17 heavy (non-hydrogen) atoms. The van der Waals surface area contributed by atoms with Gasteiger partial charge in [0.15, 0.2) is 9.84 Å². The Balaban J connectivity index is 2.37. The van der Waals surface area contributed by atoms with Gasteiger partial charge in [-0.05, 0) is 38.9 Å². The van der Waals surface area contributed by atoms with E-state index in [0.717, 1.165) is 38.9 Å². The van der Waals surface area contributed by atoms with Gasteiger partial charge < -0.3 is 10.2 Å². The average Bonchev–Trinajstić information content (AvgIpc) is 2.28. The molecule has 1 N–H and O–H groups in total. The molecule has 102 valence electrons. The molecular weight excluding hydrogens is 236 g/mol. The molecule has 1 aliphatic heterocycles. The largest absolute Gasteiger partial charge is 0.314 e. The van der Waals surface area contributed by atoms with Crippen LogP contribution in [-0.2, 0) is 9.84 Å². The maximum absolute atomic E-state index is 11.5. The molecule has 1 unspecified atom stereocenters. The van der Waals surface area contributed by atoms with E-state index in [1.807, 2.05) is 0 Å². The van der Waals surface area contributed by atoms with Crippen LogP contribution < -0.4 is 5.32 Å². The third kappa shape index (κ3) is 5.84. The molecular formula is C12H26N2O2S. The van der Waals surface area contributed by atoms with E-state index in [1.54, 1.807) is 6.92 Å². The van der Waals surface area contributed by atoms with Gasteiger partial charge in [0.05, 0.1) is 5.75 Å². The lowest BCUT2D eigenvalue weighted by atomic mass is 10.1. The van der Waals surface area contributed by atoms with Crippen LogP contribution in [0.3, 0.4) is 0 Å². The third-order valence-corrected chi connectivity index (χ3v) is 5.21. The third-order valence-electron chi connectivity index (χ3n) is 3.53. The molecule has 1 heterocycles. The van der Waals surface area contributed by atoms with Crippen molar-refractivity contribution in [2.24, 2.45) is 0 Å². The number of hydrogen-bond acceptors (Lipinski definition) is 4. The van der Waals surface area contributed by atoms with E-state index in [0.29, 0.717) is 18.3 Å². The molecule has 1 aliphatic rings. The quantitative estimate of drug-likeness (QED) is 0.799. The van der Waals surface area contributed by atoms with E-state index < -0.39 is 9.84 Å². The number of sulfone groups is 1. The first-order valence-corrected chi connectivity index (χ1v) is 8.55. The summed E-state index contributed by atoms with van der Waals surface area (Å²) in [5, 5.41) is 3.53. The van der Waals surface area contributed by atoms with E-state index >= 15 is 0 Å². The van der Waals surface area contributed by atoms with Crippen molar-refractivity contribution < 1.29 is 8.42 Å². The van der Waals surface area contributed by atoms with Crippen LogP contribution in [0.4, 0.5) is 0 Å². The number of nitrogens with one attached hydrogen (secondary N) is 1. The van der Waals surface area contributed by atoms with Gasteiger partial charge in [-0.3, -0.25) is 0 Å². The van der Waals surface area contributed by atoms with Crippen LogP contribution in [0.25, 0.3) is 0 Å². The lowest BCUT2D eigenvalue weighted by Gasteiger charge is -2.28. The molecule has 0 aromatic rings. The summed E-state index contributed by atoms with van der Waals surface area (Å²) >= 11 is 0. The second-order valence-electron chi connectivity index (χ2n) is 4.78. The topological polar surface area (TPSA) is 49.4 Å². The summed E-state index contributed by atoms with van der Waals surface area (Å²) in [5.74, 6) is 0.577. The summed E-state index contributed by atoms with van der Waals surface area (Å²) in [6.07, 6.45) is 3.40. The van der Waals surface area contributed by atoms with E-state index in [4.69, 9.17) is 0 Å². The van der Waals surface area contributed by atoms with E-state index in [2.05, 4.69) is 17.1 Å². The predicted octanol–water partition coefficient (Wildman–Crippen LogP) is 0.885. The monoisotopic (exact) mass is 262 g/mol. The Labute approximate surface area is 106 Å². The Hall–Kier alpha value is -0.130. The summed E-state index contributed by atoms with van der Waals surface area (Å²) in [5.41, 5.74) is 0. The van der Waals surface area contributed by atoms with Gasteiger partial charge in [0.1, 0.15) is 0 Å². The van der Waals surface area contributed by atoms with Crippen LogP contribution in [0.15, 0.2) is 0 Å². The first-order valence-electron chi connectivity index (χ1n) is 6.73. The first-order chi connectivity index (χ1) is 8.07. The minimum atomic E-state index is -2.82. The molecule has 1 atom stereocenters. The Kier molecular flexibility index (Phi) is 6.44. The van der Waals surface area contributed by atoms with Gasteiger partial charge in [-0.15, -0.1) is 0 Å². The van der Waals surface area contributed by atoms with Crippen LogP contribution in [0.5, 0.6) is 0 Å². The van der Waals surface area contributed by atoms with E-state index in [-0.39, 0.29) is 5.75 Å². The molecule has 1 fully saturated rings. The van der Waals surface area contributed by atoms with Crippen LogP contribution in [0, 0.1) is 0 Å². The van der Waals surface area contributed by atoms with E-state index in [1.165, 1.54) is 0 Å². The minimum absolute atomic E-state index is 0.264. The molecule has 0 aromatic heterocycles. The lowest BCUT2D eigenvalue weighted by Crippen LogP contribution is -2.41. The molecule has 0 aliphatic carbocycles. The number of nitrogens with zero attached hydrogens (tertiary/aromatic N) is 1. The van der Waals surface area contributed by atoms with Crippen molar-refractivity contribution in [3.63, 3.8) is 0 Å². The van der Waals surface area contributed by atoms with Crippen molar-refractivity contribution in [3.05, 3.63) is 0 Å². The lowest BCUT2D eigenvalue weighted by molar-refractivity contribution is 0.242. The number of hydrogen-bond donors (Lipinski definition) is 1. The molecule has 1 rings (SSSR count). The Morgan fingerprint density at radius 2 is 2.06 bits per heavy atom. The van der Waals surface area contributed by atoms with Gasteiger partial charge in [-0.1, -0.05) is 13.8 Å². The smallest absolute Gasteiger partial charge is 0.151 e. The molecule has 0 radical (unpaired) electrons. The second kappa shape index (κ2) is 7.34. The standard InChI is InChI=1S/C12H26N2O2S/c1-3-12-6-9-14(8-5-7-13-12)10-11-17(15,16)4-2/h12-13H,3-11H2,1-2H3. The molecule has 4 nitrogen and oxygen atoms in total. The highest BCUT2D eigenvalue weighted by Gasteiger charge is 2.15. The molecule has 0 aromatic carbocycles. The Bertz CT molecular complexity index is 304. The molecule has 0 amide bonds. The fourth-order valence-corrected chi connectivity index (χ4v) is 2.97. The van der Waals surface area contributed by atoms with Crippen molar-refractivity contribution in [2.75, 3.05) is 37.7 Å². The van der Waals surface area contributed by atoms with Crippen molar-refractivity contribution in [2.45, 2.75) is 39.2 Å². The van der Waals surface area contributed by atoms with Crippen molar-refractivity contribution >= 4 is 9.84 Å². The Morgan fingerprint density at radius 1 is 1.29 bits per heavy atom. The fourth-order valence-electron chi connectivity index (χ4n) is 2.15. The van der Waals surface area contributed by atoms with Gasteiger partial charge in [0.25, 0.3) is 0 Å². The molecule has 0 saturated carbocycles. The highest BCUT2D eigenvalue weighted by Crippen LogP contribution is 2.05. The van der Waals surface area contributed by atoms with Crippen LogP contribution in [0.1, 0.15) is 33.1 Å². The number of rotatable bonds is 5. The first kappa shape index (κ1) is 14.9. The maximum atomic E-state index is 11.5. The van der Waals surface area contributed by atoms with Gasteiger partial charge >= 0.3 is 0 Å². The minimum Gasteiger partial charge on any atom is -0.314 e.